The highest BCUT2D eigenvalue weighted by molar-refractivity contribution is 5.56. The van der Waals surface area contributed by atoms with Crippen LogP contribution in [0.1, 0.15) is 58.3 Å². The zero-order chi connectivity index (χ0) is 18.3. The van der Waals surface area contributed by atoms with Crippen LogP contribution >= 0.6 is 0 Å². The average Bonchev–Trinajstić information content (AvgIpc) is 2.68. The smallest absolute Gasteiger partial charge is 0.0594 e. The van der Waals surface area contributed by atoms with Crippen molar-refractivity contribution in [2.45, 2.75) is 58.3 Å². The highest BCUT2D eigenvalue weighted by Gasteiger charge is 2.09. The molecule has 0 spiro atoms. The summed E-state index contributed by atoms with van der Waals surface area (Å²) >= 11 is 0. The van der Waals surface area contributed by atoms with E-state index in [1.807, 2.05) is 0 Å². The molecule has 0 bridgehead atoms. The molecular formula is C22H39N3O. The number of nitrogens with one attached hydrogen (secondary N) is 2. The van der Waals surface area contributed by atoms with Gasteiger partial charge < -0.3 is 15.4 Å². The van der Waals surface area contributed by atoms with E-state index in [1.54, 1.807) is 0 Å². The molecular weight excluding hydrogens is 322 g/mol. The molecule has 1 aliphatic heterocycles. The summed E-state index contributed by atoms with van der Waals surface area (Å²) in [6.07, 6.45) is 11.0. The average molecular weight is 362 g/mol. The fourth-order valence-corrected chi connectivity index (χ4v) is 3.41. The van der Waals surface area contributed by atoms with E-state index in [0.29, 0.717) is 0 Å². The molecule has 0 unspecified atom stereocenters. The Hall–Kier alpha value is -1.26. The highest BCUT2D eigenvalue weighted by atomic mass is 16.5. The standard InChI is InChI=1S/C22H39N3O/c1-2-3-4-5-6-7-8-9-13-23-21-11-10-12-22(20-21)24-14-15-25-16-18-26-19-17-25/h10-12,20,23-24H,2-9,13-19H2,1H3. The number of rotatable bonds is 14. The SMILES string of the molecule is CCCCCCCCCCNc1cccc(NCCN2CCOCC2)c1. The molecule has 0 aliphatic carbocycles. The largest absolute Gasteiger partial charge is 0.385 e. The maximum absolute atomic E-state index is 5.39. The van der Waals surface area contributed by atoms with Gasteiger partial charge >= 0.3 is 0 Å². The summed E-state index contributed by atoms with van der Waals surface area (Å²) < 4.78 is 5.39. The Bertz CT molecular complexity index is 460. The molecule has 0 amide bonds. The zero-order valence-electron chi connectivity index (χ0n) is 16.8. The minimum atomic E-state index is 0.873. The first-order chi connectivity index (χ1) is 12.9. The molecule has 4 nitrogen and oxygen atoms in total. The third-order valence-electron chi connectivity index (χ3n) is 5.08. The number of unbranched alkanes of at least 4 members (excludes halogenated alkanes) is 7. The molecule has 1 fully saturated rings. The molecule has 26 heavy (non-hydrogen) atoms. The van der Waals surface area contributed by atoms with Crippen LogP contribution in [0.15, 0.2) is 24.3 Å². The van der Waals surface area contributed by atoms with Gasteiger partial charge in [0.15, 0.2) is 0 Å². The topological polar surface area (TPSA) is 36.5 Å². The van der Waals surface area contributed by atoms with Gasteiger partial charge in [-0.3, -0.25) is 4.90 Å². The van der Waals surface area contributed by atoms with E-state index in [4.69, 9.17) is 4.74 Å². The lowest BCUT2D eigenvalue weighted by atomic mass is 10.1. The second-order valence-corrected chi connectivity index (χ2v) is 7.36. The monoisotopic (exact) mass is 361 g/mol. The van der Waals surface area contributed by atoms with E-state index in [-0.39, 0.29) is 0 Å². The molecule has 4 heteroatoms. The maximum atomic E-state index is 5.39. The summed E-state index contributed by atoms with van der Waals surface area (Å²) in [5, 5.41) is 7.11. The quantitative estimate of drug-likeness (QED) is 0.458. The summed E-state index contributed by atoms with van der Waals surface area (Å²) in [6.45, 7) is 9.29. The van der Waals surface area contributed by atoms with Crippen molar-refractivity contribution in [2.24, 2.45) is 0 Å². The first kappa shape index (κ1) is 21.0. The number of hydrogen-bond donors (Lipinski definition) is 2. The zero-order valence-corrected chi connectivity index (χ0v) is 16.8. The Morgan fingerprint density at radius 1 is 0.846 bits per heavy atom. The number of benzene rings is 1. The fourth-order valence-electron chi connectivity index (χ4n) is 3.41. The minimum absolute atomic E-state index is 0.873. The van der Waals surface area contributed by atoms with Crippen LogP contribution in [0.4, 0.5) is 11.4 Å². The summed E-state index contributed by atoms with van der Waals surface area (Å²) in [4.78, 5) is 2.46. The van der Waals surface area contributed by atoms with Gasteiger partial charge in [0.2, 0.25) is 0 Å². The summed E-state index contributed by atoms with van der Waals surface area (Å²) in [5.74, 6) is 0. The maximum Gasteiger partial charge on any atom is 0.0594 e. The number of nitrogens with zero attached hydrogens (tertiary/aromatic N) is 1. The predicted molar refractivity (Wildman–Crippen MR) is 113 cm³/mol. The van der Waals surface area contributed by atoms with Crippen LogP contribution in [0.5, 0.6) is 0 Å². The third-order valence-corrected chi connectivity index (χ3v) is 5.08. The van der Waals surface area contributed by atoms with Crippen molar-refractivity contribution in [3.8, 4) is 0 Å². The van der Waals surface area contributed by atoms with Gasteiger partial charge in [0.1, 0.15) is 0 Å². The first-order valence-electron chi connectivity index (χ1n) is 10.8. The van der Waals surface area contributed by atoms with Gasteiger partial charge in [-0.1, -0.05) is 57.9 Å². The van der Waals surface area contributed by atoms with Crippen LogP contribution < -0.4 is 10.6 Å². The molecule has 0 aromatic heterocycles. The van der Waals surface area contributed by atoms with E-state index in [1.165, 1.54) is 62.7 Å². The van der Waals surface area contributed by atoms with Gasteiger partial charge in [-0.25, -0.2) is 0 Å². The molecule has 0 radical (unpaired) electrons. The van der Waals surface area contributed by atoms with Gasteiger partial charge in [-0.15, -0.1) is 0 Å². The number of anilines is 2. The molecule has 0 saturated carbocycles. The second kappa shape index (κ2) is 13.9. The lowest BCUT2D eigenvalue weighted by Crippen LogP contribution is -2.39. The van der Waals surface area contributed by atoms with E-state index >= 15 is 0 Å². The Balaban J connectivity index is 1.52. The lowest BCUT2D eigenvalue weighted by molar-refractivity contribution is 0.0398. The van der Waals surface area contributed by atoms with E-state index < -0.39 is 0 Å². The summed E-state index contributed by atoms with van der Waals surface area (Å²) in [6, 6.07) is 8.68. The van der Waals surface area contributed by atoms with Crippen molar-refractivity contribution in [3.63, 3.8) is 0 Å². The second-order valence-electron chi connectivity index (χ2n) is 7.36. The van der Waals surface area contributed by atoms with Crippen LogP contribution in [-0.2, 0) is 4.74 Å². The molecule has 2 N–H and O–H groups in total. The third kappa shape index (κ3) is 9.44. The van der Waals surface area contributed by atoms with Gasteiger partial charge in [0, 0.05) is 44.1 Å². The van der Waals surface area contributed by atoms with Crippen LogP contribution in [0.2, 0.25) is 0 Å². The molecule has 1 aromatic rings. The Kier molecular flexibility index (Phi) is 11.2. The van der Waals surface area contributed by atoms with Gasteiger partial charge in [-0.2, -0.15) is 0 Å². The summed E-state index contributed by atoms with van der Waals surface area (Å²) in [5.41, 5.74) is 2.43. The van der Waals surface area contributed by atoms with Crippen molar-refractivity contribution in [1.29, 1.82) is 0 Å². The van der Waals surface area contributed by atoms with Crippen molar-refractivity contribution in [3.05, 3.63) is 24.3 Å². The van der Waals surface area contributed by atoms with Crippen molar-refractivity contribution in [2.75, 3.05) is 56.6 Å². The Morgan fingerprint density at radius 3 is 2.15 bits per heavy atom. The lowest BCUT2D eigenvalue weighted by Gasteiger charge is -2.26. The van der Waals surface area contributed by atoms with Crippen LogP contribution in [0, 0.1) is 0 Å². The van der Waals surface area contributed by atoms with Crippen LogP contribution in [-0.4, -0.2) is 50.8 Å². The first-order valence-corrected chi connectivity index (χ1v) is 10.8. The van der Waals surface area contributed by atoms with Gasteiger partial charge in [0.25, 0.3) is 0 Å². The van der Waals surface area contributed by atoms with Gasteiger partial charge in [-0.05, 0) is 24.6 Å². The number of morpholine rings is 1. The van der Waals surface area contributed by atoms with Crippen LogP contribution in [0.25, 0.3) is 0 Å². The molecule has 0 atom stereocenters. The Morgan fingerprint density at radius 2 is 1.46 bits per heavy atom. The van der Waals surface area contributed by atoms with E-state index in [0.717, 1.165) is 45.9 Å². The molecule has 1 saturated heterocycles. The number of ether oxygens (including phenoxy) is 1. The molecule has 1 heterocycles. The molecule has 2 rings (SSSR count). The van der Waals surface area contributed by atoms with E-state index in [9.17, 15) is 0 Å². The normalized spacial score (nSPS) is 15.1. The predicted octanol–water partition coefficient (Wildman–Crippen LogP) is 4.98. The van der Waals surface area contributed by atoms with Crippen LogP contribution in [0.3, 0.4) is 0 Å². The van der Waals surface area contributed by atoms with Crippen molar-refractivity contribution >= 4 is 11.4 Å². The Labute approximate surface area is 160 Å². The molecule has 148 valence electrons. The van der Waals surface area contributed by atoms with Crippen molar-refractivity contribution < 1.29 is 4.74 Å². The fraction of sp³-hybridized carbons (Fsp3) is 0.727. The minimum Gasteiger partial charge on any atom is -0.385 e. The van der Waals surface area contributed by atoms with E-state index in [2.05, 4.69) is 46.7 Å². The van der Waals surface area contributed by atoms with Crippen molar-refractivity contribution in [1.82, 2.24) is 4.90 Å². The summed E-state index contributed by atoms with van der Waals surface area (Å²) in [7, 11) is 0. The molecule has 1 aliphatic rings. The molecule has 1 aromatic carbocycles. The number of hydrogen-bond acceptors (Lipinski definition) is 4. The highest BCUT2D eigenvalue weighted by Crippen LogP contribution is 2.15. The van der Waals surface area contributed by atoms with Gasteiger partial charge in [0.05, 0.1) is 13.2 Å².